The molecule has 0 spiro atoms. The van der Waals surface area contributed by atoms with Gasteiger partial charge in [-0.25, -0.2) is 0 Å². The Labute approximate surface area is 204 Å². The molecule has 4 rings (SSSR count). The summed E-state index contributed by atoms with van der Waals surface area (Å²) in [5.41, 5.74) is 0.318. The Morgan fingerprint density at radius 1 is 1.12 bits per heavy atom. The zero-order valence-corrected chi connectivity index (χ0v) is 19.6. The van der Waals surface area contributed by atoms with E-state index in [-0.39, 0.29) is 40.8 Å². The van der Waals surface area contributed by atoms with Crippen LogP contribution in [0.4, 0.5) is 13.2 Å². The monoisotopic (exact) mass is 560 g/mol. The second-order valence-electron chi connectivity index (χ2n) is 7.03. The van der Waals surface area contributed by atoms with Gasteiger partial charge in [-0.15, -0.1) is 10.2 Å². The van der Waals surface area contributed by atoms with E-state index in [2.05, 4.69) is 36.6 Å². The summed E-state index contributed by atoms with van der Waals surface area (Å²) in [7, 11) is 0. The van der Waals surface area contributed by atoms with Crippen LogP contribution in [0.2, 0.25) is 10.2 Å². The molecule has 172 valence electrons. The summed E-state index contributed by atoms with van der Waals surface area (Å²) in [6.45, 7) is 0.270. The van der Waals surface area contributed by atoms with Crippen LogP contribution < -0.4 is 10.1 Å². The predicted octanol–water partition coefficient (Wildman–Crippen LogP) is 6.25. The summed E-state index contributed by atoms with van der Waals surface area (Å²) < 4.78 is 45.6. The summed E-state index contributed by atoms with van der Waals surface area (Å²) in [6, 6.07) is 11.2. The van der Waals surface area contributed by atoms with Crippen molar-refractivity contribution in [1.29, 1.82) is 0 Å². The van der Waals surface area contributed by atoms with Gasteiger partial charge in [0.25, 0.3) is 0 Å². The first-order chi connectivity index (χ1) is 15.7. The van der Waals surface area contributed by atoms with Gasteiger partial charge in [0.1, 0.15) is 12.4 Å². The van der Waals surface area contributed by atoms with Crippen molar-refractivity contribution in [3.8, 4) is 11.6 Å². The summed E-state index contributed by atoms with van der Waals surface area (Å²) in [5.74, 6) is 0.0902. The molecule has 3 aromatic rings. The first-order valence-corrected chi connectivity index (χ1v) is 11.0. The van der Waals surface area contributed by atoms with Crippen molar-refractivity contribution in [3.05, 3.63) is 79.9 Å². The maximum atomic E-state index is 13.0. The Balaban J connectivity index is 1.58. The summed E-state index contributed by atoms with van der Waals surface area (Å²) in [4.78, 5) is 5.37. The molecule has 0 saturated carbocycles. The molecule has 2 aromatic carbocycles. The van der Waals surface area contributed by atoms with Gasteiger partial charge in [0, 0.05) is 9.50 Å². The fourth-order valence-corrected chi connectivity index (χ4v) is 3.99. The highest BCUT2D eigenvalue weighted by Gasteiger charge is 2.31. The van der Waals surface area contributed by atoms with Gasteiger partial charge in [0.05, 0.1) is 17.2 Å². The van der Waals surface area contributed by atoms with Crippen LogP contribution >= 0.6 is 39.1 Å². The number of halogens is 6. The number of hydrogen-bond acceptors (Lipinski definition) is 6. The largest absolute Gasteiger partial charge is 0.437 e. The minimum Gasteiger partial charge on any atom is -0.437 e. The van der Waals surface area contributed by atoms with Crippen molar-refractivity contribution < 1.29 is 22.7 Å². The number of benzene rings is 2. The van der Waals surface area contributed by atoms with Gasteiger partial charge in [-0.05, 0) is 48.4 Å². The highest BCUT2D eigenvalue weighted by Crippen LogP contribution is 2.33. The van der Waals surface area contributed by atoms with Crippen LogP contribution in [-0.2, 0) is 17.4 Å². The number of aromatic nitrogens is 2. The van der Waals surface area contributed by atoms with Gasteiger partial charge in [0.15, 0.2) is 11.0 Å². The molecule has 6 nitrogen and oxygen atoms in total. The fourth-order valence-electron chi connectivity index (χ4n) is 3.09. The van der Waals surface area contributed by atoms with E-state index in [9.17, 15) is 13.2 Å². The molecular formula is C21H14BrCl2F3N4O2. The fraction of sp³-hybridized carbons (Fsp3) is 0.190. The van der Waals surface area contributed by atoms with Crippen LogP contribution in [0, 0.1) is 0 Å². The van der Waals surface area contributed by atoms with Gasteiger partial charge in [-0.2, -0.15) is 13.2 Å². The molecule has 1 aromatic heterocycles. The quantitative estimate of drug-likeness (QED) is 0.399. The summed E-state index contributed by atoms with van der Waals surface area (Å²) in [6.07, 6.45) is -3.99. The molecule has 0 amide bonds. The van der Waals surface area contributed by atoms with Crippen LogP contribution in [0.3, 0.4) is 0 Å². The zero-order chi connectivity index (χ0) is 23.6. The number of hydrogen-bond donors (Lipinski definition) is 1. The highest BCUT2D eigenvalue weighted by atomic mass is 79.9. The van der Waals surface area contributed by atoms with Crippen LogP contribution in [0.1, 0.15) is 16.7 Å². The van der Waals surface area contributed by atoms with Crippen molar-refractivity contribution >= 4 is 45.0 Å². The van der Waals surface area contributed by atoms with Crippen LogP contribution in [0.15, 0.2) is 58.2 Å². The third kappa shape index (κ3) is 5.87. The number of rotatable bonds is 5. The lowest BCUT2D eigenvalue weighted by atomic mass is 10.1. The van der Waals surface area contributed by atoms with Gasteiger partial charge in [-0.1, -0.05) is 56.4 Å². The highest BCUT2D eigenvalue weighted by molar-refractivity contribution is 9.10. The smallest absolute Gasteiger partial charge is 0.416 e. The maximum absolute atomic E-state index is 13.0. The van der Waals surface area contributed by atoms with E-state index in [1.165, 1.54) is 18.2 Å². The first kappa shape index (κ1) is 23.6. The van der Waals surface area contributed by atoms with Crippen molar-refractivity contribution in [2.45, 2.75) is 18.6 Å². The molecule has 1 aliphatic rings. The standard InChI is InChI=1S/C21H14BrCl2F3N4O2/c22-13-5-4-11(17(23)8-13)6-14-10-32-31-19(28-14)16-9-18(24)29-30-20(16)33-15-3-1-2-12(7-15)21(25,26)27/h1-5,7-9,14H,6,10H2,(H,28,31). The second kappa shape index (κ2) is 9.74. The van der Waals surface area contributed by atoms with E-state index >= 15 is 0 Å². The topological polar surface area (TPSA) is 68.6 Å². The average Bonchev–Trinajstić information content (AvgIpc) is 2.77. The Hall–Kier alpha value is -2.56. The predicted molar refractivity (Wildman–Crippen MR) is 121 cm³/mol. The number of amidine groups is 1. The van der Waals surface area contributed by atoms with Crippen LogP contribution in [0.5, 0.6) is 11.6 Å². The third-order valence-corrected chi connectivity index (χ3v) is 5.64. The number of ether oxygens (including phenoxy) is 1. The molecule has 0 radical (unpaired) electrons. The average molecular weight is 562 g/mol. The van der Waals surface area contributed by atoms with E-state index in [1.54, 1.807) is 6.07 Å². The number of oxime groups is 1. The van der Waals surface area contributed by atoms with Gasteiger partial charge in [-0.3, -0.25) is 0 Å². The lowest BCUT2D eigenvalue weighted by Gasteiger charge is -2.25. The van der Waals surface area contributed by atoms with E-state index in [0.29, 0.717) is 11.4 Å². The van der Waals surface area contributed by atoms with Crippen molar-refractivity contribution in [2.24, 2.45) is 5.16 Å². The Morgan fingerprint density at radius 3 is 2.70 bits per heavy atom. The molecule has 1 N–H and O–H groups in total. The lowest BCUT2D eigenvalue weighted by molar-refractivity contribution is -0.137. The van der Waals surface area contributed by atoms with Gasteiger partial charge in [0.2, 0.25) is 5.88 Å². The minimum absolute atomic E-state index is 0.0453. The minimum atomic E-state index is -4.52. The van der Waals surface area contributed by atoms with Crippen LogP contribution in [0.25, 0.3) is 0 Å². The number of nitrogens with zero attached hydrogens (tertiary/aromatic N) is 3. The van der Waals surface area contributed by atoms with Crippen molar-refractivity contribution in [1.82, 2.24) is 15.5 Å². The third-order valence-electron chi connectivity index (χ3n) is 4.62. The molecule has 1 unspecified atom stereocenters. The van der Waals surface area contributed by atoms with Gasteiger partial charge >= 0.3 is 6.18 Å². The maximum Gasteiger partial charge on any atom is 0.416 e. The van der Waals surface area contributed by atoms with E-state index in [4.69, 9.17) is 32.8 Å². The molecular weight excluding hydrogens is 548 g/mol. The molecule has 33 heavy (non-hydrogen) atoms. The molecule has 12 heteroatoms. The molecule has 0 saturated heterocycles. The van der Waals surface area contributed by atoms with E-state index < -0.39 is 11.7 Å². The van der Waals surface area contributed by atoms with Crippen molar-refractivity contribution in [2.75, 3.05) is 6.61 Å². The van der Waals surface area contributed by atoms with Gasteiger partial charge < -0.3 is 14.9 Å². The van der Waals surface area contributed by atoms with E-state index in [0.717, 1.165) is 22.2 Å². The SMILES string of the molecule is FC(F)(F)c1cccc(Oc2nnc(Cl)cc2C2=NOCC(Cc3ccc(Br)cc3Cl)N2)c1. The molecule has 1 aliphatic heterocycles. The first-order valence-electron chi connectivity index (χ1n) is 9.48. The van der Waals surface area contributed by atoms with E-state index in [1.807, 2.05) is 12.1 Å². The van der Waals surface area contributed by atoms with Crippen molar-refractivity contribution in [3.63, 3.8) is 0 Å². The zero-order valence-electron chi connectivity index (χ0n) is 16.5. The summed E-state index contributed by atoms with van der Waals surface area (Å²) >= 11 is 15.7. The molecule has 2 heterocycles. The molecule has 0 aliphatic carbocycles. The molecule has 1 atom stereocenters. The molecule has 0 fully saturated rings. The Kier molecular flexibility index (Phi) is 6.96. The lowest BCUT2D eigenvalue weighted by Crippen LogP contribution is -2.43. The molecule has 0 bridgehead atoms. The number of alkyl halides is 3. The Morgan fingerprint density at radius 2 is 1.94 bits per heavy atom. The van der Waals surface area contributed by atoms with Crippen LogP contribution in [-0.4, -0.2) is 28.7 Å². The second-order valence-corrected chi connectivity index (χ2v) is 8.74. The summed E-state index contributed by atoms with van der Waals surface area (Å²) in [5, 5.41) is 15.5. The number of nitrogens with one attached hydrogen (secondary N) is 1. The Bertz CT molecular complexity index is 1210. The normalized spacial score (nSPS) is 15.9.